The summed E-state index contributed by atoms with van der Waals surface area (Å²) in [6.07, 6.45) is 3.33. The van der Waals surface area contributed by atoms with Gasteiger partial charge in [0.1, 0.15) is 12.6 Å². The number of carbonyl (C=O) groups is 2. The van der Waals surface area contributed by atoms with Gasteiger partial charge in [-0.3, -0.25) is 14.7 Å². The van der Waals surface area contributed by atoms with E-state index in [1.54, 1.807) is 12.0 Å². The van der Waals surface area contributed by atoms with Crippen molar-refractivity contribution in [2.45, 2.75) is 70.4 Å². The molecule has 2 fully saturated rings. The van der Waals surface area contributed by atoms with Crippen molar-refractivity contribution in [3.63, 3.8) is 0 Å². The van der Waals surface area contributed by atoms with Gasteiger partial charge in [-0.05, 0) is 36.8 Å². The van der Waals surface area contributed by atoms with Gasteiger partial charge in [0.05, 0.1) is 18.2 Å². The highest BCUT2D eigenvalue weighted by atomic mass is 16.6. The summed E-state index contributed by atoms with van der Waals surface area (Å²) >= 11 is 0. The predicted molar refractivity (Wildman–Crippen MR) is 134 cm³/mol. The zero-order valence-electron chi connectivity index (χ0n) is 21.1. The lowest BCUT2D eigenvalue weighted by atomic mass is 9.87. The molecule has 0 radical (unpaired) electrons. The van der Waals surface area contributed by atoms with E-state index in [0.717, 1.165) is 43.4 Å². The van der Waals surface area contributed by atoms with Gasteiger partial charge in [0, 0.05) is 20.2 Å². The molecule has 0 N–H and O–H groups in total. The van der Waals surface area contributed by atoms with Gasteiger partial charge in [0.2, 0.25) is 0 Å². The summed E-state index contributed by atoms with van der Waals surface area (Å²) in [6.45, 7) is 6.09. The molecule has 2 heterocycles. The molecule has 1 unspecified atom stereocenters. The second-order valence-electron chi connectivity index (χ2n) is 9.39. The highest BCUT2D eigenvalue weighted by Crippen LogP contribution is 2.37. The Bertz CT molecular complexity index is 972. The third kappa shape index (κ3) is 5.21. The largest absolute Gasteiger partial charge is 0.445 e. The second-order valence-corrected chi connectivity index (χ2v) is 9.39. The number of methoxy groups -OCH3 is 1. The molecule has 2 saturated heterocycles. The summed E-state index contributed by atoms with van der Waals surface area (Å²) < 4.78 is 11.6. The Morgan fingerprint density at radius 2 is 1.66 bits per heavy atom. The van der Waals surface area contributed by atoms with Crippen LogP contribution in [0.3, 0.4) is 0 Å². The van der Waals surface area contributed by atoms with Gasteiger partial charge in [-0.25, -0.2) is 9.80 Å². The number of rotatable bonds is 10. The Balaban J connectivity index is 1.48. The molecular weight excluding hydrogens is 442 g/mol. The van der Waals surface area contributed by atoms with Crippen molar-refractivity contribution in [2.75, 3.05) is 20.2 Å². The fraction of sp³-hybridized carbons (Fsp3) is 0.500. The Morgan fingerprint density at radius 3 is 2.23 bits per heavy atom. The maximum Gasteiger partial charge on any atom is 0.411 e. The topological polar surface area (TPSA) is 62.3 Å². The minimum Gasteiger partial charge on any atom is -0.445 e. The molecule has 2 aromatic rings. The SMILES string of the molecule is CCC(CC)(OC)[C@@H]1CCCN1N1CC(N(Cc2ccccc2)C(=O)OCc2ccccc2)C1=O. The van der Waals surface area contributed by atoms with Crippen molar-refractivity contribution in [3.05, 3.63) is 71.8 Å². The lowest BCUT2D eigenvalue weighted by Gasteiger charge is -2.52. The number of carbonyl (C=O) groups excluding carboxylic acids is 2. The molecule has 2 atom stereocenters. The highest BCUT2D eigenvalue weighted by molar-refractivity contribution is 5.90. The predicted octanol–water partition coefficient (Wildman–Crippen LogP) is 4.62. The molecule has 2 aliphatic rings. The first-order valence-corrected chi connectivity index (χ1v) is 12.7. The van der Waals surface area contributed by atoms with Crippen LogP contribution < -0.4 is 0 Å². The van der Waals surface area contributed by atoms with E-state index in [1.807, 2.05) is 65.7 Å². The summed E-state index contributed by atoms with van der Waals surface area (Å²) in [5.41, 5.74) is 1.60. The zero-order chi connectivity index (χ0) is 24.8. The number of hydrogen-bond acceptors (Lipinski definition) is 5. The Labute approximate surface area is 208 Å². The summed E-state index contributed by atoms with van der Waals surface area (Å²) in [5, 5.41) is 4.01. The molecule has 0 saturated carbocycles. The lowest BCUT2D eigenvalue weighted by molar-refractivity contribution is -0.194. The van der Waals surface area contributed by atoms with Crippen LogP contribution in [0.15, 0.2) is 60.7 Å². The number of β-lactam (4-membered cyclic amide) rings is 1. The molecule has 0 spiro atoms. The van der Waals surface area contributed by atoms with Gasteiger partial charge in [-0.1, -0.05) is 74.5 Å². The molecule has 0 aliphatic carbocycles. The van der Waals surface area contributed by atoms with Gasteiger partial charge in [-0.15, -0.1) is 0 Å². The number of nitrogens with zero attached hydrogens (tertiary/aromatic N) is 3. The molecule has 4 rings (SSSR count). The van der Waals surface area contributed by atoms with Crippen LogP contribution in [0.4, 0.5) is 4.79 Å². The smallest absolute Gasteiger partial charge is 0.411 e. The molecule has 0 bridgehead atoms. The Kier molecular flexibility index (Phi) is 8.08. The van der Waals surface area contributed by atoms with Crippen molar-refractivity contribution < 1.29 is 19.1 Å². The first kappa shape index (κ1) is 25.2. The third-order valence-corrected chi connectivity index (χ3v) is 7.64. The standard InChI is InChI=1S/C28H37N3O4/c1-4-28(5-2,34-3)25-17-12-18-30(25)31-20-24(26(31)32)29(19-22-13-8-6-9-14-22)27(33)35-21-23-15-10-7-11-16-23/h6-11,13-16,24-25H,4-5,12,17-21H2,1-3H3/t24?,25-/m0/s1. The molecule has 2 aliphatic heterocycles. The van der Waals surface area contributed by atoms with Crippen LogP contribution in [0.25, 0.3) is 0 Å². The third-order valence-electron chi connectivity index (χ3n) is 7.64. The molecule has 7 heteroatoms. The number of benzene rings is 2. The summed E-state index contributed by atoms with van der Waals surface area (Å²) in [4.78, 5) is 28.3. The average Bonchev–Trinajstić information content (AvgIpc) is 3.38. The van der Waals surface area contributed by atoms with Crippen LogP contribution in [0.2, 0.25) is 0 Å². The fourth-order valence-corrected chi connectivity index (χ4v) is 5.46. The molecular formula is C28H37N3O4. The summed E-state index contributed by atoms with van der Waals surface area (Å²) in [7, 11) is 1.77. The maximum atomic E-state index is 13.5. The maximum absolute atomic E-state index is 13.5. The van der Waals surface area contributed by atoms with E-state index < -0.39 is 12.1 Å². The van der Waals surface area contributed by atoms with Crippen LogP contribution in [0.1, 0.15) is 50.7 Å². The first-order valence-electron chi connectivity index (χ1n) is 12.7. The fourth-order valence-electron chi connectivity index (χ4n) is 5.46. The zero-order valence-corrected chi connectivity index (χ0v) is 21.1. The molecule has 2 aromatic carbocycles. The quantitative estimate of drug-likeness (QED) is 0.466. The van der Waals surface area contributed by atoms with Gasteiger partial charge in [0.15, 0.2) is 0 Å². The van der Waals surface area contributed by atoms with Gasteiger partial charge < -0.3 is 9.47 Å². The van der Waals surface area contributed by atoms with Crippen LogP contribution in [0.5, 0.6) is 0 Å². The van der Waals surface area contributed by atoms with Crippen molar-refractivity contribution in [1.82, 2.24) is 14.9 Å². The van der Waals surface area contributed by atoms with E-state index in [-0.39, 0.29) is 24.2 Å². The van der Waals surface area contributed by atoms with E-state index in [9.17, 15) is 9.59 Å². The van der Waals surface area contributed by atoms with E-state index >= 15 is 0 Å². The minimum absolute atomic E-state index is 0.0540. The van der Waals surface area contributed by atoms with Gasteiger partial charge in [0.25, 0.3) is 5.91 Å². The molecule has 35 heavy (non-hydrogen) atoms. The number of hydrogen-bond donors (Lipinski definition) is 0. The van der Waals surface area contributed by atoms with Gasteiger partial charge >= 0.3 is 6.09 Å². The average molecular weight is 480 g/mol. The van der Waals surface area contributed by atoms with Crippen molar-refractivity contribution in [3.8, 4) is 0 Å². The summed E-state index contributed by atoms with van der Waals surface area (Å²) in [6, 6.07) is 18.9. The van der Waals surface area contributed by atoms with Crippen LogP contribution in [0, 0.1) is 0 Å². The summed E-state index contributed by atoms with van der Waals surface area (Å²) in [5.74, 6) is -0.0540. The van der Waals surface area contributed by atoms with E-state index in [1.165, 1.54) is 0 Å². The molecule has 7 nitrogen and oxygen atoms in total. The molecule has 2 amide bonds. The van der Waals surface area contributed by atoms with Crippen LogP contribution in [-0.4, -0.2) is 64.8 Å². The van der Waals surface area contributed by atoms with Crippen molar-refractivity contribution in [1.29, 1.82) is 0 Å². The van der Waals surface area contributed by atoms with E-state index in [4.69, 9.17) is 9.47 Å². The number of hydrazine groups is 1. The monoisotopic (exact) mass is 479 g/mol. The van der Waals surface area contributed by atoms with Crippen molar-refractivity contribution in [2.24, 2.45) is 0 Å². The van der Waals surface area contributed by atoms with Crippen LogP contribution >= 0.6 is 0 Å². The normalized spacial score (nSPS) is 20.5. The van der Waals surface area contributed by atoms with E-state index in [0.29, 0.717) is 13.1 Å². The van der Waals surface area contributed by atoms with Crippen molar-refractivity contribution >= 4 is 12.0 Å². The van der Waals surface area contributed by atoms with Gasteiger partial charge in [-0.2, -0.15) is 0 Å². The number of amides is 2. The first-order chi connectivity index (χ1) is 17.0. The molecule has 0 aromatic heterocycles. The Hall–Kier alpha value is -2.90. The lowest BCUT2D eigenvalue weighted by Crippen LogP contribution is -2.71. The molecule has 188 valence electrons. The van der Waals surface area contributed by atoms with E-state index in [2.05, 4.69) is 18.9 Å². The minimum atomic E-state index is -0.542. The number of ether oxygens (including phenoxy) is 2. The second kappa shape index (κ2) is 11.2. The highest BCUT2D eigenvalue weighted by Gasteiger charge is 2.52. The van der Waals surface area contributed by atoms with Crippen LogP contribution in [-0.2, 0) is 27.4 Å². The Morgan fingerprint density at radius 1 is 1.03 bits per heavy atom.